The zero-order valence-electron chi connectivity index (χ0n) is 9.46. The first-order chi connectivity index (χ1) is 7.06. The van der Waals surface area contributed by atoms with Crippen LogP contribution in [0.2, 0.25) is 0 Å². The molecule has 1 aromatic rings. The van der Waals surface area contributed by atoms with Crippen LogP contribution in [0.4, 0.5) is 0 Å². The third-order valence-corrected chi connectivity index (χ3v) is 3.49. The van der Waals surface area contributed by atoms with Crippen LogP contribution in [0, 0.1) is 0 Å². The van der Waals surface area contributed by atoms with Gasteiger partial charge in [-0.1, -0.05) is 19.9 Å². The van der Waals surface area contributed by atoms with E-state index in [9.17, 15) is 4.79 Å². The van der Waals surface area contributed by atoms with Crippen molar-refractivity contribution in [2.75, 3.05) is 20.1 Å². The third-order valence-electron chi connectivity index (χ3n) is 2.25. The maximum absolute atomic E-state index is 11.3. The number of hydrogen-bond acceptors (Lipinski definition) is 3. The van der Waals surface area contributed by atoms with Crippen molar-refractivity contribution >= 4 is 17.2 Å². The normalized spacial score (nSPS) is 11.4. The third kappa shape index (κ3) is 3.64. The van der Waals surface area contributed by atoms with Crippen molar-refractivity contribution in [2.45, 2.75) is 19.3 Å². The van der Waals surface area contributed by atoms with Gasteiger partial charge in [0.2, 0.25) is 5.91 Å². The molecule has 84 valence electrons. The maximum atomic E-state index is 11.3. The van der Waals surface area contributed by atoms with Gasteiger partial charge in [0, 0.05) is 16.8 Å². The van der Waals surface area contributed by atoms with Crippen LogP contribution in [0.25, 0.3) is 0 Å². The summed E-state index contributed by atoms with van der Waals surface area (Å²) in [7, 11) is 1.77. The van der Waals surface area contributed by atoms with Crippen LogP contribution in [-0.2, 0) is 10.2 Å². The molecule has 0 bridgehead atoms. The van der Waals surface area contributed by atoms with Gasteiger partial charge in [0.1, 0.15) is 0 Å². The first kappa shape index (κ1) is 12.2. The van der Waals surface area contributed by atoms with Gasteiger partial charge in [-0.15, -0.1) is 11.3 Å². The topological polar surface area (TPSA) is 41.1 Å². The van der Waals surface area contributed by atoms with Gasteiger partial charge in [0.25, 0.3) is 0 Å². The summed E-state index contributed by atoms with van der Waals surface area (Å²) in [4.78, 5) is 12.6. The first-order valence-electron chi connectivity index (χ1n) is 5.01. The lowest BCUT2D eigenvalue weighted by atomic mass is 9.91. The molecule has 1 amide bonds. The zero-order chi connectivity index (χ0) is 11.3. The summed E-state index contributed by atoms with van der Waals surface area (Å²) in [5.41, 5.74) is 0.0115. The Morgan fingerprint density at radius 2 is 2.27 bits per heavy atom. The Hall–Kier alpha value is -0.870. The highest BCUT2D eigenvalue weighted by molar-refractivity contribution is 7.10. The van der Waals surface area contributed by atoms with Crippen LogP contribution < -0.4 is 10.6 Å². The SMILES string of the molecule is CNCC(=O)NCC(C)(C)c1cccs1. The van der Waals surface area contributed by atoms with Crippen molar-refractivity contribution in [3.63, 3.8) is 0 Å². The molecule has 0 saturated heterocycles. The number of carbonyl (C=O) groups excluding carboxylic acids is 1. The van der Waals surface area contributed by atoms with Crippen LogP contribution in [0.5, 0.6) is 0 Å². The summed E-state index contributed by atoms with van der Waals surface area (Å²) >= 11 is 1.73. The van der Waals surface area contributed by atoms with E-state index < -0.39 is 0 Å². The highest BCUT2D eigenvalue weighted by Crippen LogP contribution is 2.26. The number of likely N-dealkylation sites (N-methyl/N-ethyl adjacent to an activating group) is 1. The maximum Gasteiger partial charge on any atom is 0.233 e. The average molecular weight is 226 g/mol. The van der Waals surface area contributed by atoms with Gasteiger partial charge in [0.05, 0.1) is 6.54 Å². The van der Waals surface area contributed by atoms with E-state index in [2.05, 4.69) is 35.9 Å². The van der Waals surface area contributed by atoms with Gasteiger partial charge in [-0.2, -0.15) is 0 Å². The molecule has 1 heterocycles. The molecule has 0 aliphatic heterocycles. The molecule has 0 spiro atoms. The molecular weight excluding hydrogens is 208 g/mol. The lowest BCUT2D eigenvalue weighted by Crippen LogP contribution is -2.39. The predicted molar refractivity (Wildman–Crippen MR) is 64.3 cm³/mol. The first-order valence-corrected chi connectivity index (χ1v) is 5.89. The summed E-state index contributed by atoms with van der Waals surface area (Å²) in [6, 6.07) is 4.14. The molecule has 0 fully saturated rings. The average Bonchev–Trinajstić information content (AvgIpc) is 2.69. The number of nitrogens with one attached hydrogen (secondary N) is 2. The van der Waals surface area contributed by atoms with Gasteiger partial charge in [-0.25, -0.2) is 0 Å². The van der Waals surface area contributed by atoms with E-state index in [0.717, 1.165) is 0 Å². The lowest BCUT2D eigenvalue weighted by molar-refractivity contribution is -0.120. The second kappa shape index (κ2) is 5.28. The molecule has 0 aliphatic carbocycles. The minimum absolute atomic E-state index is 0.0115. The fourth-order valence-electron chi connectivity index (χ4n) is 1.29. The molecule has 15 heavy (non-hydrogen) atoms. The van der Waals surface area contributed by atoms with Crippen molar-refractivity contribution in [2.24, 2.45) is 0 Å². The Kier molecular flexibility index (Phi) is 4.29. The van der Waals surface area contributed by atoms with E-state index in [0.29, 0.717) is 13.1 Å². The monoisotopic (exact) mass is 226 g/mol. The predicted octanol–water partition coefficient (Wildman–Crippen LogP) is 1.36. The summed E-state index contributed by atoms with van der Waals surface area (Å²) in [6.45, 7) is 5.32. The zero-order valence-corrected chi connectivity index (χ0v) is 10.3. The van der Waals surface area contributed by atoms with Crippen molar-refractivity contribution in [3.8, 4) is 0 Å². The van der Waals surface area contributed by atoms with Gasteiger partial charge >= 0.3 is 0 Å². The van der Waals surface area contributed by atoms with E-state index in [1.807, 2.05) is 6.07 Å². The molecule has 0 radical (unpaired) electrons. The molecular formula is C11H18N2OS. The lowest BCUT2D eigenvalue weighted by Gasteiger charge is -2.23. The van der Waals surface area contributed by atoms with Gasteiger partial charge < -0.3 is 10.6 Å². The quantitative estimate of drug-likeness (QED) is 0.796. The summed E-state index contributed by atoms with van der Waals surface area (Å²) in [5, 5.41) is 7.81. The Labute approximate surface area is 94.9 Å². The van der Waals surface area contributed by atoms with Crippen LogP contribution in [-0.4, -0.2) is 26.0 Å². The standard InChI is InChI=1S/C11H18N2OS/c1-11(2,9-5-4-6-15-9)8-13-10(14)7-12-3/h4-6,12H,7-8H2,1-3H3,(H,13,14). The Bertz CT molecular complexity index is 306. The number of hydrogen-bond donors (Lipinski definition) is 2. The minimum atomic E-state index is 0.0115. The molecule has 0 unspecified atom stereocenters. The van der Waals surface area contributed by atoms with E-state index in [-0.39, 0.29) is 11.3 Å². The molecule has 0 aromatic carbocycles. The number of rotatable bonds is 5. The highest BCUT2D eigenvalue weighted by atomic mass is 32.1. The van der Waals surface area contributed by atoms with Crippen molar-refractivity contribution < 1.29 is 4.79 Å². The molecule has 3 nitrogen and oxygen atoms in total. The highest BCUT2D eigenvalue weighted by Gasteiger charge is 2.21. The second-order valence-electron chi connectivity index (χ2n) is 4.17. The van der Waals surface area contributed by atoms with E-state index in [1.165, 1.54) is 4.88 Å². The van der Waals surface area contributed by atoms with E-state index in [4.69, 9.17) is 0 Å². The molecule has 1 rings (SSSR count). The number of carbonyl (C=O) groups is 1. The van der Waals surface area contributed by atoms with Crippen molar-refractivity contribution in [3.05, 3.63) is 22.4 Å². The smallest absolute Gasteiger partial charge is 0.233 e. The largest absolute Gasteiger partial charge is 0.354 e. The van der Waals surface area contributed by atoms with Gasteiger partial charge in [-0.3, -0.25) is 4.79 Å². The fraction of sp³-hybridized carbons (Fsp3) is 0.545. The fourth-order valence-corrected chi connectivity index (χ4v) is 2.15. The molecule has 1 aromatic heterocycles. The Balaban J connectivity index is 2.47. The minimum Gasteiger partial charge on any atom is -0.354 e. The van der Waals surface area contributed by atoms with Gasteiger partial charge in [0.15, 0.2) is 0 Å². The van der Waals surface area contributed by atoms with Crippen molar-refractivity contribution in [1.29, 1.82) is 0 Å². The molecule has 2 N–H and O–H groups in total. The molecule has 0 aliphatic rings. The van der Waals surface area contributed by atoms with Crippen LogP contribution >= 0.6 is 11.3 Å². The molecule has 0 saturated carbocycles. The Morgan fingerprint density at radius 3 is 2.80 bits per heavy atom. The number of thiophene rings is 1. The van der Waals surface area contributed by atoms with Crippen LogP contribution in [0.3, 0.4) is 0 Å². The van der Waals surface area contributed by atoms with Crippen LogP contribution in [0.15, 0.2) is 17.5 Å². The summed E-state index contributed by atoms with van der Waals surface area (Å²) in [6.07, 6.45) is 0. The van der Waals surface area contributed by atoms with E-state index >= 15 is 0 Å². The second-order valence-corrected chi connectivity index (χ2v) is 5.12. The Morgan fingerprint density at radius 1 is 1.53 bits per heavy atom. The summed E-state index contributed by atoms with van der Waals surface area (Å²) in [5.74, 6) is 0.0436. The molecule has 0 atom stereocenters. The van der Waals surface area contributed by atoms with Crippen molar-refractivity contribution in [1.82, 2.24) is 10.6 Å². The number of amides is 1. The van der Waals surface area contributed by atoms with Gasteiger partial charge in [-0.05, 0) is 18.5 Å². The molecule has 4 heteroatoms. The van der Waals surface area contributed by atoms with E-state index in [1.54, 1.807) is 18.4 Å². The summed E-state index contributed by atoms with van der Waals surface area (Å²) < 4.78 is 0. The van der Waals surface area contributed by atoms with Crippen LogP contribution in [0.1, 0.15) is 18.7 Å².